The van der Waals surface area contributed by atoms with Gasteiger partial charge in [-0.05, 0) is 24.3 Å². The minimum atomic E-state index is -0.350. The molecule has 1 aliphatic heterocycles. The maximum atomic E-state index is 12.2. The molecule has 2 aromatic rings. The first-order valence-electron chi connectivity index (χ1n) is 6.75. The summed E-state index contributed by atoms with van der Waals surface area (Å²) >= 11 is 1.47. The average molecular weight is 314 g/mol. The standard InChI is InChI=1S/C16H14N2O3S/c19-13-7-3-1-5-11(13)17-15(20)9-18-12-6-2-4-8-14(12)22-10-16(18)21/h1-8,19H,9-10H2,(H,17,20). The third kappa shape index (κ3) is 2.92. The number of phenols is 1. The number of carbonyl (C=O) groups is 2. The smallest absolute Gasteiger partial charge is 0.244 e. The highest BCUT2D eigenvalue weighted by Gasteiger charge is 2.26. The minimum absolute atomic E-state index is 0.00298. The summed E-state index contributed by atoms with van der Waals surface area (Å²) in [6.45, 7) is -0.0786. The monoisotopic (exact) mass is 314 g/mol. The second-order valence-corrected chi connectivity index (χ2v) is 5.82. The summed E-state index contributed by atoms with van der Waals surface area (Å²) in [4.78, 5) is 26.7. The van der Waals surface area contributed by atoms with E-state index in [9.17, 15) is 14.7 Å². The zero-order valence-corrected chi connectivity index (χ0v) is 12.5. The summed E-state index contributed by atoms with van der Waals surface area (Å²) in [5, 5.41) is 12.3. The topological polar surface area (TPSA) is 69.6 Å². The molecule has 0 bridgehead atoms. The van der Waals surface area contributed by atoms with Crippen molar-refractivity contribution < 1.29 is 14.7 Å². The first-order chi connectivity index (χ1) is 10.6. The van der Waals surface area contributed by atoms with E-state index in [4.69, 9.17) is 0 Å². The normalized spacial score (nSPS) is 13.6. The van der Waals surface area contributed by atoms with Gasteiger partial charge in [0.1, 0.15) is 12.3 Å². The molecule has 0 fully saturated rings. The third-order valence-corrected chi connectivity index (χ3v) is 4.34. The van der Waals surface area contributed by atoms with Crippen LogP contribution in [0.25, 0.3) is 0 Å². The number of phenolic OH excluding ortho intramolecular Hbond substituents is 1. The first kappa shape index (κ1) is 14.5. The molecule has 0 aromatic heterocycles. The molecule has 22 heavy (non-hydrogen) atoms. The van der Waals surface area contributed by atoms with E-state index in [-0.39, 0.29) is 24.1 Å². The van der Waals surface area contributed by atoms with Crippen molar-refractivity contribution in [2.24, 2.45) is 0 Å². The first-order valence-corrected chi connectivity index (χ1v) is 7.74. The van der Waals surface area contributed by atoms with Crippen LogP contribution in [0.1, 0.15) is 0 Å². The van der Waals surface area contributed by atoms with Crippen molar-refractivity contribution in [3.05, 3.63) is 48.5 Å². The number of thioether (sulfide) groups is 1. The number of nitrogens with zero attached hydrogens (tertiary/aromatic N) is 1. The van der Waals surface area contributed by atoms with Crippen LogP contribution in [-0.4, -0.2) is 29.2 Å². The Morgan fingerprint density at radius 2 is 1.91 bits per heavy atom. The number of hydrogen-bond acceptors (Lipinski definition) is 4. The fraction of sp³-hybridized carbons (Fsp3) is 0.125. The molecule has 1 aliphatic rings. The molecule has 1 heterocycles. The Morgan fingerprint density at radius 3 is 2.73 bits per heavy atom. The molecule has 0 spiro atoms. The summed E-state index contributed by atoms with van der Waals surface area (Å²) < 4.78 is 0. The molecular formula is C16H14N2O3S. The molecule has 0 saturated carbocycles. The number of fused-ring (bicyclic) bond motifs is 1. The van der Waals surface area contributed by atoms with E-state index >= 15 is 0 Å². The van der Waals surface area contributed by atoms with E-state index in [0.29, 0.717) is 11.4 Å². The molecule has 0 unspecified atom stereocenters. The quantitative estimate of drug-likeness (QED) is 0.854. The highest BCUT2D eigenvalue weighted by molar-refractivity contribution is 8.00. The van der Waals surface area contributed by atoms with Gasteiger partial charge in [-0.1, -0.05) is 24.3 Å². The van der Waals surface area contributed by atoms with E-state index in [1.807, 2.05) is 24.3 Å². The van der Waals surface area contributed by atoms with E-state index in [0.717, 1.165) is 10.6 Å². The van der Waals surface area contributed by atoms with Crippen LogP contribution in [0.2, 0.25) is 0 Å². The lowest BCUT2D eigenvalue weighted by Crippen LogP contribution is -2.41. The van der Waals surface area contributed by atoms with Gasteiger partial charge in [0.05, 0.1) is 17.1 Å². The van der Waals surface area contributed by atoms with Crippen molar-refractivity contribution in [3.8, 4) is 5.75 Å². The highest BCUT2D eigenvalue weighted by atomic mass is 32.2. The summed E-state index contributed by atoms with van der Waals surface area (Å²) in [6, 6.07) is 14.0. The number of rotatable bonds is 3. The van der Waals surface area contributed by atoms with E-state index in [2.05, 4.69) is 5.32 Å². The molecule has 0 aliphatic carbocycles. The van der Waals surface area contributed by atoms with Gasteiger partial charge in [-0.25, -0.2) is 0 Å². The Bertz CT molecular complexity index is 733. The second-order valence-electron chi connectivity index (χ2n) is 4.80. The number of amides is 2. The minimum Gasteiger partial charge on any atom is -0.506 e. The largest absolute Gasteiger partial charge is 0.506 e. The van der Waals surface area contributed by atoms with E-state index < -0.39 is 0 Å². The molecule has 6 heteroatoms. The lowest BCUT2D eigenvalue weighted by atomic mass is 10.2. The number of anilines is 2. The number of aromatic hydroxyl groups is 1. The van der Waals surface area contributed by atoms with Crippen molar-refractivity contribution in [2.75, 3.05) is 22.5 Å². The van der Waals surface area contributed by atoms with Crippen LogP contribution in [0.4, 0.5) is 11.4 Å². The molecular weight excluding hydrogens is 300 g/mol. The molecule has 2 amide bonds. The fourth-order valence-electron chi connectivity index (χ4n) is 2.24. The van der Waals surface area contributed by atoms with Gasteiger partial charge in [-0.15, -0.1) is 11.8 Å². The summed E-state index contributed by atoms with van der Waals surface area (Å²) in [7, 11) is 0. The number of nitrogens with one attached hydrogen (secondary N) is 1. The van der Waals surface area contributed by atoms with Crippen LogP contribution in [-0.2, 0) is 9.59 Å². The van der Waals surface area contributed by atoms with Gasteiger partial charge >= 0.3 is 0 Å². The van der Waals surface area contributed by atoms with Gasteiger partial charge in [0.25, 0.3) is 0 Å². The summed E-state index contributed by atoms with van der Waals surface area (Å²) in [5.74, 6) is -0.134. The summed E-state index contributed by atoms with van der Waals surface area (Å²) in [6.07, 6.45) is 0. The van der Waals surface area contributed by atoms with Crippen LogP contribution in [0.3, 0.4) is 0 Å². The lowest BCUT2D eigenvalue weighted by molar-refractivity contribution is -0.120. The fourth-order valence-corrected chi connectivity index (χ4v) is 3.18. The van der Waals surface area contributed by atoms with Gasteiger partial charge in [-0.3, -0.25) is 9.59 Å². The molecule has 112 valence electrons. The average Bonchev–Trinajstić information content (AvgIpc) is 2.52. The molecule has 3 rings (SSSR count). The molecule has 5 nitrogen and oxygen atoms in total. The maximum Gasteiger partial charge on any atom is 0.244 e. The lowest BCUT2D eigenvalue weighted by Gasteiger charge is -2.28. The van der Waals surface area contributed by atoms with E-state index in [1.54, 1.807) is 18.2 Å². The predicted molar refractivity (Wildman–Crippen MR) is 86.3 cm³/mol. The van der Waals surface area contributed by atoms with Gasteiger partial charge < -0.3 is 15.3 Å². The van der Waals surface area contributed by atoms with E-state index in [1.165, 1.54) is 22.7 Å². The number of hydrogen-bond donors (Lipinski definition) is 2. The molecule has 2 N–H and O–H groups in total. The summed E-state index contributed by atoms with van der Waals surface area (Å²) in [5.41, 5.74) is 1.08. The van der Waals surface area contributed by atoms with Crippen LogP contribution < -0.4 is 10.2 Å². The van der Waals surface area contributed by atoms with Crippen molar-refractivity contribution in [3.63, 3.8) is 0 Å². The molecule has 0 atom stereocenters. The Kier molecular flexibility index (Phi) is 4.02. The predicted octanol–water partition coefficient (Wildman–Crippen LogP) is 2.47. The Morgan fingerprint density at radius 1 is 1.18 bits per heavy atom. The zero-order chi connectivity index (χ0) is 15.5. The van der Waals surface area contributed by atoms with Crippen LogP contribution >= 0.6 is 11.8 Å². The molecule has 0 radical (unpaired) electrons. The Labute approximate surface area is 131 Å². The molecule has 0 saturated heterocycles. The highest BCUT2D eigenvalue weighted by Crippen LogP contribution is 2.34. The van der Waals surface area contributed by atoms with Crippen molar-refractivity contribution in [1.82, 2.24) is 0 Å². The third-order valence-electron chi connectivity index (χ3n) is 3.29. The number of carbonyl (C=O) groups excluding carboxylic acids is 2. The van der Waals surface area contributed by atoms with Crippen LogP contribution in [0.5, 0.6) is 5.75 Å². The van der Waals surface area contributed by atoms with Crippen LogP contribution in [0.15, 0.2) is 53.4 Å². The van der Waals surface area contributed by atoms with Gasteiger partial charge in [0.15, 0.2) is 0 Å². The van der Waals surface area contributed by atoms with Crippen LogP contribution in [0, 0.1) is 0 Å². The second kappa shape index (κ2) is 6.11. The zero-order valence-electron chi connectivity index (χ0n) is 11.7. The molecule has 2 aromatic carbocycles. The van der Waals surface area contributed by atoms with Crippen molar-refractivity contribution in [1.29, 1.82) is 0 Å². The van der Waals surface area contributed by atoms with Gasteiger partial charge in [0, 0.05) is 4.90 Å². The van der Waals surface area contributed by atoms with Crippen molar-refractivity contribution >= 4 is 35.0 Å². The van der Waals surface area contributed by atoms with Crippen molar-refractivity contribution in [2.45, 2.75) is 4.90 Å². The maximum absolute atomic E-state index is 12.2. The van der Waals surface area contributed by atoms with Gasteiger partial charge in [-0.2, -0.15) is 0 Å². The number of benzene rings is 2. The number of para-hydroxylation sites is 3. The Hall–Kier alpha value is -2.47. The van der Waals surface area contributed by atoms with Gasteiger partial charge in [0.2, 0.25) is 11.8 Å². The Balaban J connectivity index is 1.77. The SMILES string of the molecule is O=C(CN1C(=O)CSc2ccccc21)Nc1ccccc1O.